The molecule has 1 aliphatic rings. The predicted octanol–water partition coefficient (Wildman–Crippen LogP) is 2.87. The normalized spacial score (nSPS) is 18.2. The van der Waals surface area contributed by atoms with Crippen molar-refractivity contribution in [2.75, 3.05) is 19.6 Å². The highest BCUT2D eigenvalue weighted by Crippen LogP contribution is 2.22. The number of halogens is 1. The molecule has 1 unspecified atom stereocenters. The van der Waals surface area contributed by atoms with E-state index < -0.39 is 11.9 Å². The van der Waals surface area contributed by atoms with Crippen LogP contribution in [-0.2, 0) is 4.79 Å². The number of carboxylic acid groups (broad SMARTS) is 1. The van der Waals surface area contributed by atoms with Crippen LogP contribution < -0.4 is 0 Å². The number of nitrogens with zero attached hydrogens (tertiary/aromatic N) is 1. The number of benzene rings is 1. The summed E-state index contributed by atoms with van der Waals surface area (Å²) in [5.41, 5.74) is 0.686. The fourth-order valence-corrected chi connectivity index (χ4v) is 2.62. The Morgan fingerprint density at radius 2 is 1.84 bits per heavy atom. The van der Waals surface area contributed by atoms with Crippen molar-refractivity contribution in [3.63, 3.8) is 0 Å². The van der Waals surface area contributed by atoms with Crippen molar-refractivity contribution in [2.24, 2.45) is 0 Å². The Kier molecular flexibility index (Phi) is 4.91. The van der Waals surface area contributed by atoms with Crippen LogP contribution in [0.2, 0.25) is 0 Å². The van der Waals surface area contributed by atoms with Gasteiger partial charge in [0.05, 0.1) is 5.92 Å². The van der Waals surface area contributed by atoms with Gasteiger partial charge in [0.15, 0.2) is 0 Å². The van der Waals surface area contributed by atoms with Crippen LogP contribution in [0.3, 0.4) is 0 Å². The number of rotatable bonds is 5. The Labute approximate surface area is 113 Å². The second kappa shape index (κ2) is 6.66. The fraction of sp³-hybridized carbons (Fsp3) is 0.533. The van der Waals surface area contributed by atoms with E-state index in [0.29, 0.717) is 12.0 Å². The van der Waals surface area contributed by atoms with E-state index in [1.165, 1.54) is 31.4 Å². The van der Waals surface area contributed by atoms with Crippen molar-refractivity contribution >= 4 is 5.97 Å². The molecule has 104 valence electrons. The summed E-state index contributed by atoms with van der Waals surface area (Å²) < 4.78 is 12.9. The van der Waals surface area contributed by atoms with Gasteiger partial charge >= 0.3 is 5.97 Å². The summed E-state index contributed by atoms with van der Waals surface area (Å²) in [5.74, 6) is -1.70. The Bertz CT molecular complexity index is 413. The summed E-state index contributed by atoms with van der Waals surface area (Å²) in [4.78, 5) is 13.7. The lowest BCUT2D eigenvalue weighted by Crippen LogP contribution is -2.32. The molecule has 1 N–H and O–H groups in total. The Balaban J connectivity index is 1.96. The summed E-state index contributed by atoms with van der Waals surface area (Å²) in [5, 5.41) is 9.31. The second-order valence-corrected chi connectivity index (χ2v) is 5.13. The monoisotopic (exact) mass is 265 g/mol. The number of piperidine rings is 1. The van der Waals surface area contributed by atoms with Crippen molar-refractivity contribution in [1.29, 1.82) is 0 Å². The molecular weight excluding hydrogens is 245 g/mol. The first-order chi connectivity index (χ1) is 9.16. The van der Waals surface area contributed by atoms with E-state index in [1.54, 1.807) is 12.1 Å². The molecule has 1 saturated heterocycles. The molecule has 1 aromatic carbocycles. The largest absolute Gasteiger partial charge is 0.481 e. The van der Waals surface area contributed by atoms with Crippen LogP contribution in [0, 0.1) is 5.82 Å². The molecule has 0 saturated carbocycles. The van der Waals surface area contributed by atoms with Crippen LogP contribution >= 0.6 is 0 Å². The molecule has 0 spiro atoms. The highest BCUT2D eigenvalue weighted by molar-refractivity contribution is 5.76. The molecule has 1 aromatic rings. The first kappa shape index (κ1) is 14.0. The molecule has 0 radical (unpaired) electrons. The van der Waals surface area contributed by atoms with Crippen LogP contribution in [-0.4, -0.2) is 35.6 Å². The topological polar surface area (TPSA) is 40.5 Å². The zero-order valence-electron chi connectivity index (χ0n) is 11.0. The molecule has 0 aromatic heterocycles. The molecule has 1 fully saturated rings. The second-order valence-electron chi connectivity index (χ2n) is 5.13. The molecule has 2 rings (SSSR count). The molecule has 3 nitrogen and oxygen atoms in total. The Hall–Kier alpha value is -1.42. The maximum absolute atomic E-state index is 12.9. The minimum absolute atomic E-state index is 0.330. The van der Waals surface area contributed by atoms with E-state index >= 15 is 0 Å². The first-order valence-electron chi connectivity index (χ1n) is 6.87. The maximum Gasteiger partial charge on any atom is 0.311 e. The molecule has 4 heteroatoms. The summed E-state index contributed by atoms with van der Waals surface area (Å²) in [6.45, 7) is 2.93. The van der Waals surface area contributed by atoms with Crippen LogP contribution in [0.1, 0.15) is 37.2 Å². The maximum atomic E-state index is 12.9. The van der Waals surface area contributed by atoms with Crippen molar-refractivity contribution in [3.05, 3.63) is 35.6 Å². The van der Waals surface area contributed by atoms with Crippen molar-refractivity contribution < 1.29 is 14.3 Å². The van der Waals surface area contributed by atoms with E-state index in [2.05, 4.69) is 4.90 Å². The zero-order chi connectivity index (χ0) is 13.7. The van der Waals surface area contributed by atoms with E-state index in [9.17, 15) is 14.3 Å². The lowest BCUT2D eigenvalue weighted by molar-refractivity contribution is -0.139. The summed E-state index contributed by atoms with van der Waals surface area (Å²) in [7, 11) is 0. The summed E-state index contributed by atoms with van der Waals surface area (Å²) in [6, 6.07) is 5.80. The van der Waals surface area contributed by atoms with Gasteiger partial charge in [-0.2, -0.15) is 0 Å². The average molecular weight is 265 g/mol. The number of hydrogen-bond donors (Lipinski definition) is 1. The van der Waals surface area contributed by atoms with Crippen molar-refractivity contribution in [3.8, 4) is 0 Å². The Morgan fingerprint density at radius 3 is 2.42 bits per heavy atom. The van der Waals surface area contributed by atoms with E-state index in [-0.39, 0.29) is 5.82 Å². The van der Waals surface area contributed by atoms with Gasteiger partial charge in [-0.15, -0.1) is 0 Å². The molecule has 1 atom stereocenters. The number of hydrogen-bond acceptors (Lipinski definition) is 2. The summed E-state index contributed by atoms with van der Waals surface area (Å²) in [6.07, 6.45) is 4.26. The molecule has 19 heavy (non-hydrogen) atoms. The van der Waals surface area contributed by atoms with Crippen LogP contribution in [0.4, 0.5) is 4.39 Å². The van der Waals surface area contributed by atoms with Crippen LogP contribution in [0.5, 0.6) is 0 Å². The molecule has 1 aliphatic heterocycles. The third-order valence-electron chi connectivity index (χ3n) is 3.75. The quantitative estimate of drug-likeness (QED) is 0.890. The van der Waals surface area contributed by atoms with E-state index in [4.69, 9.17) is 0 Å². The van der Waals surface area contributed by atoms with E-state index in [0.717, 1.165) is 19.6 Å². The van der Waals surface area contributed by atoms with Gasteiger partial charge < -0.3 is 10.0 Å². The first-order valence-corrected chi connectivity index (χ1v) is 6.87. The number of likely N-dealkylation sites (tertiary alicyclic amines) is 1. The average Bonchev–Trinajstić information content (AvgIpc) is 2.42. The van der Waals surface area contributed by atoms with Crippen LogP contribution in [0.25, 0.3) is 0 Å². The summed E-state index contributed by atoms with van der Waals surface area (Å²) >= 11 is 0. The smallest absolute Gasteiger partial charge is 0.311 e. The van der Waals surface area contributed by atoms with Gasteiger partial charge in [0.1, 0.15) is 5.82 Å². The standard InChI is InChI=1S/C15H20FNO2/c16-13-6-4-12(5-7-13)14(15(18)19)8-11-17-9-2-1-3-10-17/h4-7,14H,1-3,8-11H2,(H,18,19). The van der Waals surface area contributed by atoms with Crippen molar-refractivity contribution in [2.45, 2.75) is 31.6 Å². The molecular formula is C15H20FNO2. The molecule has 0 bridgehead atoms. The van der Waals surface area contributed by atoms with Gasteiger partial charge in [-0.05, 0) is 56.6 Å². The predicted molar refractivity (Wildman–Crippen MR) is 71.7 cm³/mol. The Morgan fingerprint density at radius 1 is 1.21 bits per heavy atom. The third-order valence-corrected chi connectivity index (χ3v) is 3.75. The van der Waals surface area contributed by atoms with Crippen molar-refractivity contribution in [1.82, 2.24) is 4.90 Å². The number of carbonyl (C=O) groups is 1. The number of aliphatic carboxylic acids is 1. The van der Waals surface area contributed by atoms with Gasteiger partial charge in [0.2, 0.25) is 0 Å². The van der Waals surface area contributed by atoms with Crippen LogP contribution in [0.15, 0.2) is 24.3 Å². The van der Waals surface area contributed by atoms with Gasteiger partial charge in [-0.25, -0.2) is 4.39 Å². The molecule has 0 aliphatic carbocycles. The SMILES string of the molecule is O=C(O)C(CCN1CCCCC1)c1ccc(F)cc1. The number of carboxylic acids is 1. The lowest BCUT2D eigenvalue weighted by atomic mass is 9.95. The highest BCUT2D eigenvalue weighted by Gasteiger charge is 2.21. The van der Waals surface area contributed by atoms with Gasteiger partial charge in [0, 0.05) is 0 Å². The highest BCUT2D eigenvalue weighted by atomic mass is 19.1. The van der Waals surface area contributed by atoms with E-state index in [1.807, 2.05) is 0 Å². The zero-order valence-corrected chi connectivity index (χ0v) is 11.0. The van der Waals surface area contributed by atoms with Gasteiger partial charge in [0.25, 0.3) is 0 Å². The third kappa shape index (κ3) is 4.03. The lowest BCUT2D eigenvalue weighted by Gasteiger charge is -2.27. The fourth-order valence-electron chi connectivity index (χ4n) is 2.62. The minimum Gasteiger partial charge on any atom is -0.481 e. The molecule has 1 heterocycles. The van der Waals surface area contributed by atoms with Gasteiger partial charge in [-0.3, -0.25) is 4.79 Å². The molecule has 0 amide bonds. The minimum atomic E-state index is -0.830. The van der Waals surface area contributed by atoms with Gasteiger partial charge in [-0.1, -0.05) is 18.6 Å².